The lowest BCUT2D eigenvalue weighted by atomic mass is 9.93. The standard InChI is InChI=1S/C42H48FN13O3/c1-25-18-47-56(39(25)29-15-37(40(44)45-19-29)59-26(2)34-16-30(43)5-7-32(34)35-20-46-52(4)49-35)24-27-9-12-53(13-10-27)21-28-22-54(23-28)31-6-8-33-36(17-31)51(3)50-41(33)55-14-11-38(57)48-42(55)58/h5-8,15-20,26-28H,9-14,21-24H2,1-4H3,(H2,44,45)(H,48,57,58)/t26-/m1/s1. The number of nitrogens with zero attached hydrogens (tertiary/aromatic N) is 11. The fraction of sp³-hybridized carbons (Fsp3) is 0.405. The van der Waals surface area contributed by atoms with E-state index in [1.165, 1.54) is 16.9 Å². The van der Waals surface area contributed by atoms with E-state index in [0.717, 1.165) is 91.1 Å². The van der Waals surface area contributed by atoms with Gasteiger partial charge in [0, 0.05) is 93.1 Å². The number of carbonyl (C=O) groups excluding carboxylic acids is 2. The summed E-state index contributed by atoms with van der Waals surface area (Å²) in [6, 6.07) is 12.3. The lowest BCUT2D eigenvalue weighted by molar-refractivity contribution is -0.120. The number of piperidine rings is 1. The Morgan fingerprint density at radius 2 is 1.76 bits per heavy atom. The second-order valence-electron chi connectivity index (χ2n) is 16.1. The molecule has 16 nitrogen and oxygen atoms in total. The molecule has 306 valence electrons. The van der Waals surface area contributed by atoms with Crippen molar-refractivity contribution in [2.75, 3.05) is 54.8 Å². The third kappa shape index (κ3) is 7.57. The van der Waals surface area contributed by atoms with Gasteiger partial charge in [-0.1, -0.05) is 0 Å². The Morgan fingerprint density at radius 3 is 2.53 bits per heavy atom. The number of nitrogen functional groups attached to an aromatic ring is 1. The van der Waals surface area contributed by atoms with Crippen molar-refractivity contribution in [3.8, 4) is 28.3 Å². The third-order valence-electron chi connectivity index (χ3n) is 11.9. The number of aromatic nitrogens is 8. The molecule has 59 heavy (non-hydrogen) atoms. The minimum Gasteiger partial charge on any atom is -0.482 e. The number of ether oxygens (including phenoxy) is 1. The third-order valence-corrected chi connectivity index (χ3v) is 11.9. The van der Waals surface area contributed by atoms with E-state index >= 15 is 0 Å². The van der Waals surface area contributed by atoms with Crippen LogP contribution in [0.4, 0.5) is 26.5 Å². The average molecular weight is 802 g/mol. The van der Waals surface area contributed by atoms with Crippen LogP contribution in [0, 0.1) is 24.6 Å². The highest BCUT2D eigenvalue weighted by Gasteiger charge is 2.32. The van der Waals surface area contributed by atoms with Gasteiger partial charge in [-0.2, -0.15) is 25.2 Å². The van der Waals surface area contributed by atoms with Gasteiger partial charge in [0.2, 0.25) is 5.91 Å². The van der Waals surface area contributed by atoms with Gasteiger partial charge in [0.15, 0.2) is 17.4 Å². The lowest BCUT2D eigenvalue weighted by Gasteiger charge is -2.44. The van der Waals surface area contributed by atoms with E-state index in [0.29, 0.717) is 41.2 Å². The summed E-state index contributed by atoms with van der Waals surface area (Å²) in [5.41, 5.74) is 13.3. The number of hydrogen-bond acceptors (Lipinski definition) is 11. The van der Waals surface area contributed by atoms with Gasteiger partial charge in [-0.3, -0.25) is 24.4 Å². The van der Waals surface area contributed by atoms with E-state index in [-0.39, 0.29) is 24.0 Å². The van der Waals surface area contributed by atoms with Crippen molar-refractivity contribution in [1.29, 1.82) is 0 Å². The van der Waals surface area contributed by atoms with Crippen molar-refractivity contribution in [3.63, 3.8) is 0 Å². The summed E-state index contributed by atoms with van der Waals surface area (Å²) in [6.07, 6.45) is 7.18. The number of halogens is 1. The predicted molar refractivity (Wildman–Crippen MR) is 221 cm³/mol. The van der Waals surface area contributed by atoms with Crippen LogP contribution in [0.2, 0.25) is 0 Å². The van der Waals surface area contributed by atoms with E-state index < -0.39 is 12.1 Å². The molecule has 3 amide bonds. The van der Waals surface area contributed by atoms with Gasteiger partial charge < -0.3 is 20.3 Å². The molecule has 3 aliphatic rings. The number of imide groups is 1. The van der Waals surface area contributed by atoms with Crippen LogP contribution in [0.15, 0.2) is 61.1 Å². The van der Waals surface area contributed by atoms with Gasteiger partial charge in [0.05, 0.1) is 23.6 Å². The maximum absolute atomic E-state index is 14.5. The summed E-state index contributed by atoms with van der Waals surface area (Å²) in [5.74, 6) is 1.68. The number of rotatable bonds is 11. The van der Waals surface area contributed by atoms with Crippen molar-refractivity contribution >= 4 is 40.2 Å². The van der Waals surface area contributed by atoms with E-state index in [2.05, 4.69) is 59.1 Å². The fourth-order valence-electron chi connectivity index (χ4n) is 8.75. The molecule has 3 aliphatic heterocycles. The molecule has 3 fully saturated rings. The van der Waals surface area contributed by atoms with Gasteiger partial charge in [-0.05, 0) is 93.7 Å². The Bertz CT molecular complexity index is 2550. The predicted octanol–water partition coefficient (Wildman–Crippen LogP) is 5.09. The Hall–Kier alpha value is -6.36. The van der Waals surface area contributed by atoms with Crippen molar-refractivity contribution in [3.05, 3.63) is 78.0 Å². The van der Waals surface area contributed by atoms with Crippen LogP contribution in [-0.2, 0) is 25.4 Å². The summed E-state index contributed by atoms with van der Waals surface area (Å²) in [5, 5.41) is 21.3. The summed E-state index contributed by atoms with van der Waals surface area (Å²) >= 11 is 0. The maximum atomic E-state index is 14.5. The number of pyridine rings is 1. The summed E-state index contributed by atoms with van der Waals surface area (Å²) in [7, 11) is 3.62. The molecule has 2 aromatic carbocycles. The minimum absolute atomic E-state index is 0.247. The SMILES string of the molecule is Cc1cnn(CC2CCN(CC3CN(c4ccc5c(N6CCC(=O)NC6=O)nn(C)c5c4)C3)CC2)c1-c1cnc(N)c(O[C@H](C)c2cc(F)ccc2-c2cnn(C)n2)c1. The van der Waals surface area contributed by atoms with E-state index in [4.69, 9.17) is 15.6 Å². The number of amides is 3. The maximum Gasteiger partial charge on any atom is 0.329 e. The number of likely N-dealkylation sites (tertiary alicyclic amines) is 1. The first-order chi connectivity index (χ1) is 28.5. The molecule has 3 N–H and O–H groups in total. The fourth-order valence-corrected chi connectivity index (χ4v) is 8.75. The van der Waals surface area contributed by atoms with Crippen LogP contribution in [0.1, 0.15) is 43.4 Å². The Kier molecular flexibility index (Phi) is 9.98. The summed E-state index contributed by atoms with van der Waals surface area (Å²) in [6.45, 7) is 10.2. The number of urea groups is 1. The highest BCUT2D eigenvalue weighted by atomic mass is 19.1. The molecule has 6 aromatic rings. The number of fused-ring (bicyclic) bond motifs is 1. The number of benzene rings is 2. The van der Waals surface area contributed by atoms with E-state index in [1.807, 2.05) is 32.3 Å². The molecule has 0 bridgehead atoms. The molecule has 0 saturated carbocycles. The zero-order chi connectivity index (χ0) is 40.9. The van der Waals surface area contributed by atoms with E-state index in [1.54, 1.807) is 35.1 Å². The number of aryl methyl sites for hydroxylation is 3. The molecule has 4 aromatic heterocycles. The topological polar surface area (TPSA) is 170 Å². The summed E-state index contributed by atoms with van der Waals surface area (Å²) < 4.78 is 24.8. The molecule has 17 heteroatoms. The second kappa shape index (κ2) is 15.4. The number of anilines is 3. The number of hydrogen-bond donors (Lipinski definition) is 2. The average Bonchev–Trinajstić information content (AvgIpc) is 3.90. The number of nitrogens with two attached hydrogens (primary N) is 1. The van der Waals surface area contributed by atoms with Crippen LogP contribution in [0.25, 0.3) is 33.4 Å². The van der Waals surface area contributed by atoms with Gasteiger partial charge in [-0.15, -0.1) is 0 Å². The second-order valence-corrected chi connectivity index (χ2v) is 16.1. The highest BCUT2D eigenvalue weighted by molar-refractivity contribution is 6.09. The Labute approximate surface area is 340 Å². The van der Waals surface area contributed by atoms with Crippen LogP contribution in [-0.4, -0.2) is 95.6 Å². The summed E-state index contributed by atoms with van der Waals surface area (Å²) in [4.78, 5) is 36.7. The van der Waals surface area contributed by atoms with Gasteiger partial charge >= 0.3 is 6.03 Å². The van der Waals surface area contributed by atoms with Crippen LogP contribution >= 0.6 is 0 Å². The molecule has 7 heterocycles. The first-order valence-corrected chi connectivity index (χ1v) is 20.1. The zero-order valence-electron chi connectivity index (χ0n) is 33.7. The van der Waals surface area contributed by atoms with E-state index in [9.17, 15) is 14.0 Å². The molecule has 0 spiro atoms. The highest BCUT2D eigenvalue weighted by Crippen LogP contribution is 2.37. The molecular formula is C42H48FN13O3. The molecular weight excluding hydrogens is 754 g/mol. The van der Waals surface area contributed by atoms with Crippen LogP contribution < -0.4 is 25.6 Å². The van der Waals surface area contributed by atoms with Crippen molar-refractivity contribution in [1.82, 2.24) is 49.8 Å². The molecule has 9 rings (SSSR count). The first kappa shape index (κ1) is 38.2. The molecule has 3 saturated heterocycles. The van der Waals surface area contributed by atoms with Crippen LogP contribution in [0.5, 0.6) is 5.75 Å². The molecule has 0 radical (unpaired) electrons. The normalized spacial score (nSPS) is 17.4. The largest absolute Gasteiger partial charge is 0.482 e. The first-order valence-electron chi connectivity index (χ1n) is 20.1. The number of nitrogens with one attached hydrogen (secondary N) is 1. The van der Waals surface area contributed by atoms with Gasteiger partial charge in [0.1, 0.15) is 17.6 Å². The van der Waals surface area contributed by atoms with Crippen molar-refractivity contribution in [2.45, 2.75) is 45.8 Å². The Morgan fingerprint density at radius 1 is 0.949 bits per heavy atom. The zero-order valence-corrected chi connectivity index (χ0v) is 33.7. The van der Waals surface area contributed by atoms with Crippen molar-refractivity contribution in [2.24, 2.45) is 25.9 Å². The van der Waals surface area contributed by atoms with Crippen molar-refractivity contribution < 1.29 is 18.7 Å². The van der Waals surface area contributed by atoms with Gasteiger partial charge in [0.25, 0.3) is 0 Å². The lowest BCUT2D eigenvalue weighted by Crippen LogP contribution is -2.52. The monoisotopic (exact) mass is 801 g/mol. The van der Waals surface area contributed by atoms with Gasteiger partial charge in [-0.25, -0.2) is 14.2 Å². The molecule has 0 aliphatic carbocycles. The smallest absolute Gasteiger partial charge is 0.329 e. The number of carbonyl (C=O) groups is 2. The quantitative estimate of drug-likeness (QED) is 0.179. The molecule has 1 atom stereocenters. The molecule has 0 unspecified atom stereocenters. The van der Waals surface area contributed by atoms with Crippen LogP contribution in [0.3, 0.4) is 0 Å². The minimum atomic E-state index is -0.558. The Balaban J connectivity index is 0.799.